The van der Waals surface area contributed by atoms with Gasteiger partial charge in [-0.2, -0.15) is 13.2 Å². The van der Waals surface area contributed by atoms with Crippen LogP contribution in [0.3, 0.4) is 0 Å². The Morgan fingerprint density at radius 3 is 1.67 bits per heavy atom. The monoisotopic (exact) mass is 473 g/mol. The predicted molar refractivity (Wildman–Crippen MR) is 137 cm³/mol. The van der Waals surface area contributed by atoms with E-state index in [1.165, 1.54) is 45.0 Å². The molecule has 0 aliphatic carbocycles. The van der Waals surface area contributed by atoms with Crippen molar-refractivity contribution in [1.82, 2.24) is 0 Å². The summed E-state index contributed by atoms with van der Waals surface area (Å²) in [6.45, 7) is 20.8. The van der Waals surface area contributed by atoms with Gasteiger partial charge in [0, 0.05) is 7.05 Å². The molecule has 30 heavy (non-hydrogen) atoms. The molecule has 0 aliphatic heterocycles. The van der Waals surface area contributed by atoms with E-state index in [9.17, 15) is 13.2 Å². The molecule has 0 saturated heterocycles. The summed E-state index contributed by atoms with van der Waals surface area (Å²) in [5, 5.41) is 2.53. The molecule has 0 bridgehead atoms. The maximum Gasteiger partial charge on any atom is 0.418 e. The molecule has 1 N–H and O–H groups in total. The van der Waals surface area contributed by atoms with Gasteiger partial charge in [-0.1, -0.05) is 92.7 Å². The fourth-order valence-corrected chi connectivity index (χ4v) is 2.72. The molecule has 0 amide bonds. The maximum absolute atomic E-state index is 12.5. The van der Waals surface area contributed by atoms with Gasteiger partial charge in [-0.3, -0.25) is 0 Å². The van der Waals surface area contributed by atoms with Crippen LogP contribution in [-0.2, 0) is 6.18 Å². The minimum atomic E-state index is -4.38. The van der Waals surface area contributed by atoms with E-state index in [1.807, 2.05) is 27.7 Å². The number of anilines is 1. The highest BCUT2D eigenvalue weighted by Crippen LogP contribution is 2.39. The highest BCUT2D eigenvalue weighted by atomic mass is 35.5. The van der Waals surface area contributed by atoms with E-state index in [2.05, 4.69) is 39.7 Å². The van der Waals surface area contributed by atoms with E-state index >= 15 is 0 Å². The Morgan fingerprint density at radius 2 is 1.40 bits per heavy atom. The molecule has 182 valence electrons. The Balaban J connectivity index is -0.000000179. The van der Waals surface area contributed by atoms with Crippen LogP contribution >= 0.6 is 20.2 Å². The molecular weight excluding hydrogens is 426 g/mol. The number of aryl methyl sites for hydroxylation is 1. The van der Waals surface area contributed by atoms with E-state index in [0.29, 0.717) is 5.56 Å². The first kappa shape index (κ1) is 36.9. The van der Waals surface area contributed by atoms with Gasteiger partial charge in [0.15, 0.2) is 0 Å². The summed E-state index contributed by atoms with van der Waals surface area (Å²) < 4.78 is 37.5. The molecule has 6 heteroatoms. The van der Waals surface area contributed by atoms with Gasteiger partial charge in [0.1, 0.15) is 0 Å². The standard InChI is InChI=1S/C9H9ClF3N.C8H18.C3H9P.2C2H6/c1-5-3-6(9(11,12)13)8(14-2)7(10)4-5;1-4-6-8(3)7-5-2;1-3-4-2;2*1-2/h3-4,14H,1-2H3;8H,4-7H2,1-3H3;4H,3H2,1-2H3;2*1-2H3. The summed E-state index contributed by atoms with van der Waals surface area (Å²) in [5.74, 6) is 0.963. The Labute approximate surface area is 192 Å². The highest BCUT2D eigenvalue weighted by Gasteiger charge is 2.34. The Bertz CT molecular complexity index is 472. The molecule has 1 unspecified atom stereocenters. The predicted octanol–water partition coefficient (Wildman–Crippen LogP) is 10.3. The molecule has 0 aromatic heterocycles. The average Bonchev–Trinajstić information content (AvgIpc) is 2.71. The molecule has 0 spiro atoms. The van der Waals surface area contributed by atoms with E-state index in [-0.39, 0.29) is 10.7 Å². The van der Waals surface area contributed by atoms with Crippen molar-refractivity contribution in [1.29, 1.82) is 0 Å². The molecule has 1 rings (SSSR count). The van der Waals surface area contributed by atoms with Crippen LogP contribution in [-0.4, -0.2) is 19.9 Å². The van der Waals surface area contributed by atoms with Crippen molar-refractivity contribution in [2.24, 2.45) is 5.92 Å². The first-order valence-electron chi connectivity index (χ1n) is 11.3. The van der Waals surface area contributed by atoms with Gasteiger partial charge in [0.05, 0.1) is 16.3 Å². The van der Waals surface area contributed by atoms with Gasteiger partial charge >= 0.3 is 6.18 Å². The van der Waals surface area contributed by atoms with Crippen LogP contribution < -0.4 is 5.32 Å². The minimum absolute atomic E-state index is 0.0789. The highest BCUT2D eigenvalue weighted by molar-refractivity contribution is 7.36. The van der Waals surface area contributed by atoms with Crippen LogP contribution in [0.1, 0.15) is 92.2 Å². The summed E-state index contributed by atoms with van der Waals surface area (Å²) >= 11 is 5.68. The average molecular weight is 474 g/mol. The summed E-state index contributed by atoms with van der Waals surface area (Å²) in [5.41, 5.74) is -0.323. The lowest BCUT2D eigenvalue weighted by atomic mass is 10.0. The summed E-state index contributed by atoms with van der Waals surface area (Å²) in [6.07, 6.45) is 2.48. The Hall–Kier alpha value is -0.470. The third-order valence-electron chi connectivity index (χ3n) is 3.71. The summed E-state index contributed by atoms with van der Waals surface area (Å²) in [4.78, 5) is 0. The number of halogens is 4. The second kappa shape index (κ2) is 24.8. The quantitative estimate of drug-likeness (QED) is 0.405. The zero-order chi connectivity index (χ0) is 24.8. The van der Waals surface area contributed by atoms with Gasteiger partial charge in [-0.05, 0) is 43.4 Å². The molecule has 1 aromatic carbocycles. The minimum Gasteiger partial charge on any atom is -0.386 e. The van der Waals surface area contributed by atoms with Crippen molar-refractivity contribution in [2.75, 3.05) is 25.2 Å². The largest absolute Gasteiger partial charge is 0.418 e. The van der Waals surface area contributed by atoms with Crippen molar-refractivity contribution in [2.45, 2.75) is 94.2 Å². The molecule has 0 aliphatic rings. The smallest absolute Gasteiger partial charge is 0.386 e. The number of nitrogens with one attached hydrogen (secondary N) is 1. The molecule has 1 atom stereocenters. The number of alkyl halides is 3. The first-order chi connectivity index (χ1) is 14.1. The van der Waals surface area contributed by atoms with Crippen LogP contribution in [0, 0.1) is 12.8 Å². The van der Waals surface area contributed by atoms with Gasteiger partial charge in [0.25, 0.3) is 0 Å². The number of benzene rings is 1. The van der Waals surface area contributed by atoms with Crippen LogP contribution in [0.5, 0.6) is 0 Å². The molecule has 0 radical (unpaired) electrons. The third kappa shape index (κ3) is 20.8. The van der Waals surface area contributed by atoms with Gasteiger partial charge < -0.3 is 5.32 Å². The van der Waals surface area contributed by atoms with Crippen molar-refractivity contribution < 1.29 is 13.2 Å². The third-order valence-corrected chi connectivity index (χ3v) is 4.71. The maximum atomic E-state index is 12.5. The van der Waals surface area contributed by atoms with Crippen molar-refractivity contribution in [3.05, 3.63) is 28.3 Å². The Kier molecular flexibility index (Phi) is 30.5. The Morgan fingerprint density at radius 1 is 1.00 bits per heavy atom. The second-order valence-electron chi connectivity index (χ2n) is 6.31. The number of rotatable bonds is 6. The van der Waals surface area contributed by atoms with E-state index in [4.69, 9.17) is 11.6 Å². The number of hydrogen-bond donors (Lipinski definition) is 1. The van der Waals surface area contributed by atoms with Crippen LogP contribution in [0.15, 0.2) is 12.1 Å². The van der Waals surface area contributed by atoms with Gasteiger partial charge in [-0.25, -0.2) is 0 Å². The van der Waals surface area contributed by atoms with Crippen LogP contribution in [0.2, 0.25) is 5.02 Å². The lowest BCUT2D eigenvalue weighted by molar-refractivity contribution is -0.137. The van der Waals surface area contributed by atoms with E-state index < -0.39 is 11.7 Å². The fraction of sp³-hybridized carbons (Fsp3) is 0.750. The molecule has 1 aromatic rings. The molecular formula is C24H48ClF3NP. The zero-order valence-corrected chi connectivity index (χ0v) is 23.0. The molecule has 0 fully saturated rings. The summed E-state index contributed by atoms with van der Waals surface area (Å²) in [6, 6.07) is 2.56. The SMILES string of the molecule is CC.CC.CCCC(C)CCC.CCPC.CNc1c(Cl)cc(C)cc1C(F)(F)F. The van der Waals surface area contributed by atoms with Crippen LogP contribution in [0.4, 0.5) is 18.9 Å². The van der Waals surface area contributed by atoms with Crippen molar-refractivity contribution in [3.63, 3.8) is 0 Å². The second-order valence-corrected chi connectivity index (χ2v) is 8.13. The number of hydrogen-bond acceptors (Lipinski definition) is 1. The van der Waals surface area contributed by atoms with Gasteiger partial charge in [0.2, 0.25) is 0 Å². The van der Waals surface area contributed by atoms with Gasteiger partial charge in [-0.15, -0.1) is 8.58 Å². The normalized spacial score (nSPS) is 10.0. The topological polar surface area (TPSA) is 12.0 Å². The lowest BCUT2D eigenvalue weighted by Crippen LogP contribution is -2.09. The van der Waals surface area contributed by atoms with E-state index in [0.717, 1.165) is 20.6 Å². The summed E-state index contributed by atoms with van der Waals surface area (Å²) in [7, 11) is 2.55. The van der Waals surface area contributed by atoms with Crippen molar-refractivity contribution in [3.8, 4) is 0 Å². The lowest BCUT2D eigenvalue weighted by Gasteiger charge is -2.14. The van der Waals surface area contributed by atoms with E-state index in [1.54, 1.807) is 6.92 Å². The fourth-order valence-electron chi connectivity index (χ4n) is 2.35. The molecule has 0 heterocycles. The first-order valence-corrected chi connectivity index (χ1v) is 13.4. The van der Waals surface area contributed by atoms with Crippen LogP contribution in [0.25, 0.3) is 0 Å². The molecule has 1 nitrogen and oxygen atoms in total. The molecule has 0 saturated carbocycles. The zero-order valence-electron chi connectivity index (χ0n) is 21.3. The van der Waals surface area contributed by atoms with Crippen molar-refractivity contribution >= 4 is 25.9 Å².